The Morgan fingerprint density at radius 2 is 1.70 bits per heavy atom. The van der Waals surface area contributed by atoms with Crippen molar-refractivity contribution in [3.05, 3.63) is 64.7 Å². The van der Waals surface area contributed by atoms with Crippen LogP contribution in [0, 0.1) is 26.7 Å². The molecule has 1 heterocycles. The van der Waals surface area contributed by atoms with Crippen LogP contribution in [0.5, 0.6) is 5.75 Å². The fourth-order valence-electron chi connectivity index (χ4n) is 3.65. The number of amides is 1. The fraction of sp³-hybridized carbons (Fsp3) is 0.391. The van der Waals surface area contributed by atoms with Gasteiger partial charge in [-0.3, -0.25) is 9.59 Å². The zero-order valence-corrected chi connectivity index (χ0v) is 16.3. The van der Waals surface area contributed by atoms with Crippen molar-refractivity contribution in [2.75, 3.05) is 19.7 Å². The maximum absolute atomic E-state index is 12.8. The average Bonchev–Trinajstić information content (AvgIpc) is 2.67. The van der Waals surface area contributed by atoms with Gasteiger partial charge in [0.25, 0.3) is 5.91 Å². The second kappa shape index (κ2) is 8.38. The van der Waals surface area contributed by atoms with Gasteiger partial charge in [0.1, 0.15) is 5.75 Å². The monoisotopic (exact) mass is 365 g/mol. The molecule has 0 N–H and O–H groups in total. The Morgan fingerprint density at radius 3 is 2.37 bits per heavy atom. The number of ether oxygens (including phenoxy) is 1. The third-order valence-electron chi connectivity index (χ3n) is 5.31. The number of carbonyl (C=O) groups excluding carboxylic acids is 2. The first-order chi connectivity index (χ1) is 13.0. The molecule has 1 aliphatic rings. The van der Waals surface area contributed by atoms with E-state index >= 15 is 0 Å². The van der Waals surface area contributed by atoms with Crippen LogP contribution in [0.3, 0.4) is 0 Å². The normalized spacial score (nSPS) is 14.9. The largest absolute Gasteiger partial charge is 0.484 e. The molecule has 1 saturated heterocycles. The fourth-order valence-corrected chi connectivity index (χ4v) is 3.65. The molecular formula is C23H27NO3. The van der Waals surface area contributed by atoms with Crippen molar-refractivity contribution in [3.8, 4) is 5.75 Å². The van der Waals surface area contributed by atoms with E-state index in [0.29, 0.717) is 25.9 Å². The van der Waals surface area contributed by atoms with Crippen LogP contribution in [0.1, 0.15) is 39.9 Å². The van der Waals surface area contributed by atoms with Crippen molar-refractivity contribution in [2.24, 2.45) is 5.92 Å². The van der Waals surface area contributed by atoms with Gasteiger partial charge in [0.05, 0.1) is 0 Å². The molecule has 0 atom stereocenters. The summed E-state index contributed by atoms with van der Waals surface area (Å²) in [5.74, 6) is 0.921. The number of hydrogen-bond donors (Lipinski definition) is 0. The predicted molar refractivity (Wildman–Crippen MR) is 106 cm³/mol. The van der Waals surface area contributed by atoms with Gasteiger partial charge in [-0.15, -0.1) is 0 Å². The second-order valence-corrected chi connectivity index (χ2v) is 7.39. The Morgan fingerprint density at radius 1 is 1.00 bits per heavy atom. The molecule has 27 heavy (non-hydrogen) atoms. The summed E-state index contributed by atoms with van der Waals surface area (Å²) < 4.78 is 5.66. The Hall–Kier alpha value is -2.62. The standard InChI is InChI=1S/C23H27NO3/c1-16-8-9-20(18(3)14-16)23(26)19-10-12-24(13-11-19)22(25)15-27-21-7-5-4-6-17(21)2/h4-9,14,19H,10-13,15H2,1-3H3. The molecule has 1 amide bonds. The summed E-state index contributed by atoms with van der Waals surface area (Å²) in [7, 11) is 0. The summed E-state index contributed by atoms with van der Waals surface area (Å²) in [6, 6.07) is 13.6. The number of nitrogens with zero attached hydrogens (tertiary/aromatic N) is 1. The van der Waals surface area contributed by atoms with E-state index in [0.717, 1.165) is 28.0 Å². The summed E-state index contributed by atoms with van der Waals surface area (Å²) in [5.41, 5.74) is 4.03. The molecule has 0 aliphatic carbocycles. The molecule has 2 aromatic rings. The number of benzene rings is 2. The summed E-state index contributed by atoms with van der Waals surface area (Å²) >= 11 is 0. The van der Waals surface area contributed by atoms with E-state index in [2.05, 4.69) is 6.07 Å². The minimum Gasteiger partial charge on any atom is -0.484 e. The summed E-state index contributed by atoms with van der Waals surface area (Å²) in [4.78, 5) is 27.1. The van der Waals surface area contributed by atoms with Crippen LogP contribution >= 0.6 is 0 Å². The van der Waals surface area contributed by atoms with Crippen LogP contribution in [0.25, 0.3) is 0 Å². The van der Waals surface area contributed by atoms with E-state index in [1.165, 1.54) is 0 Å². The number of aryl methyl sites for hydroxylation is 3. The molecule has 0 aromatic heterocycles. The van der Waals surface area contributed by atoms with Crippen LogP contribution in [0.15, 0.2) is 42.5 Å². The molecule has 0 radical (unpaired) electrons. The number of likely N-dealkylation sites (tertiary alicyclic amines) is 1. The van der Waals surface area contributed by atoms with Gasteiger partial charge in [0.15, 0.2) is 12.4 Å². The highest BCUT2D eigenvalue weighted by Gasteiger charge is 2.28. The molecule has 0 spiro atoms. The number of rotatable bonds is 5. The van der Waals surface area contributed by atoms with Gasteiger partial charge in [-0.25, -0.2) is 0 Å². The van der Waals surface area contributed by atoms with E-state index in [9.17, 15) is 9.59 Å². The third kappa shape index (κ3) is 4.57. The Bertz CT molecular complexity index is 835. The van der Waals surface area contributed by atoms with Gasteiger partial charge in [-0.05, 0) is 50.8 Å². The topological polar surface area (TPSA) is 46.6 Å². The highest BCUT2D eigenvalue weighted by molar-refractivity contribution is 5.99. The maximum atomic E-state index is 12.8. The van der Waals surface area contributed by atoms with E-state index in [1.54, 1.807) is 0 Å². The molecule has 2 aromatic carbocycles. The zero-order chi connectivity index (χ0) is 19.4. The van der Waals surface area contributed by atoms with Gasteiger partial charge in [0, 0.05) is 24.6 Å². The van der Waals surface area contributed by atoms with Crippen molar-refractivity contribution in [1.82, 2.24) is 4.90 Å². The molecular weight excluding hydrogens is 338 g/mol. The smallest absolute Gasteiger partial charge is 0.260 e. The number of ketones is 1. The third-order valence-corrected chi connectivity index (χ3v) is 5.31. The summed E-state index contributed by atoms with van der Waals surface area (Å²) in [6.07, 6.45) is 1.42. The number of hydrogen-bond acceptors (Lipinski definition) is 3. The number of Topliss-reactive ketones (excluding diaryl/α,β-unsaturated/α-hetero) is 1. The van der Waals surface area contributed by atoms with Crippen LogP contribution < -0.4 is 4.74 Å². The van der Waals surface area contributed by atoms with Crippen LogP contribution in [0.2, 0.25) is 0 Å². The van der Waals surface area contributed by atoms with Gasteiger partial charge >= 0.3 is 0 Å². The van der Waals surface area contributed by atoms with E-state index < -0.39 is 0 Å². The van der Waals surface area contributed by atoms with Crippen molar-refractivity contribution in [3.63, 3.8) is 0 Å². The molecule has 4 nitrogen and oxygen atoms in total. The summed E-state index contributed by atoms with van der Waals surface area (Å²) in [6.45, 7) is 7.24. The zero-order valence-electron chi connectivity index (χ0n) is 16.3. The lowest BCUT2D eigenvalue weighted by molar-refractivity contribution is -0.134. The molecule has 142 valence electrons. The number of para-hydroxylation sites is 1. The first-order valence-electron chi connectivity index (χ1n) is 9.53. The van der Waals surface area contributed by atoms with Crippen molar-refractivity contribution in [1.29, 1.82) is 0 Å². The second-order valence-electron chi connectivity index (χ2n) is 7.39. The highest BCUT2D eigenvalue weighted by Crippen LogP contribution is 2.24. The van der Waals surface area contributed by atoms with Crippen LogP contribution in [-0.4, -0.2) is 36.3 Å². The molecule has 0 bridgehead atoms. The van der Waals surface area contributed by atoms with Gasteiger partial charge < -0.3 is 9.64 Å². The molecule has 3 rings (SSSR count). The first-order valence-corrected chi connectivity index (χ1v) is 9.53. The lowest BCUT2D eigenvalue weighted by atomic mass is 9.87. The highest BCUT2D eigenvalue weighted by atomic mass is 16.5. The predicted octanol–water partition coefficient (Wildman–Crippen LogP) is 4.11. The minimum absolute atomic E-state index is 0.00672. The quantitative estimate of drug-likeness (QED) is 0.749. The Balaban J connectivity index is 1.53. The SMILES string of the molecule is Cc1ccc(C(=O)C2CCN(C(=O)COc3ccccc3C)CC2)c(C)c1. The van der Waals surface area contributed by atoms with Gasteiger partial charge in [-0.1, -0.05) is 42.0 Å². The lowest BCUT2D eigenvalue weighted by Gasteiger charge is -2.31. The van der Waals surface area contributed by atoms with Crippen molar-refractivity contribution in [2.45, 2.75) is 33.6 Å². The minimum atomic E-state index is -0.0179. The van der Waals surface area contributed by atoms with Gasteiger partial charge in [0.2, 0.25) is 0 Å². The first kappa shape index (κ1) is 19.2. The van der Waals surface area contributed by atoms with Crippen molar-refractivity contribution >= 4 is 11.7 Å². The van der Waals surface area contributed by atoms with Crippen molar-refractivity contribution < 1.29 is 14.3 Å². The molecule has 4 heteroatoms. The maximum Gasteiger partial charge on any atom is 0.260 e. The molecule has 1 aliphatic heterocycles. The molecule has 1 fully saturated rings. The lowest BCUT2D eigenvalue weighted by Crippen LogP contribution is -2.42. The average molecular weight is 365 g/mol. The van der Waals surface area contributed by atoms with E-state index in [-0.39, 0.29) is 24.2 Å². The van der Waals surface area contributed by atoms with E-state index in [4.69, 9.17) is 4.74 Å². The van der Waals surface area contributed by atoms with Crippen LogP contribution in [0.4, 0.5) is 0 Å². The summed E-state index contributed by atoms with van der Waals surface area (Å²) in [5, 5.41) is 0. The van der Waals surface area contributed by atoms with Crippen LogP contribution in [-0.2, 0) is 4.79 Å². The number of piperidine rings is 1. The molecule has 0 unspecified atom stereocenters. The van der Waals surface area contributed by atoms with Gasteiger partial charge in [-0.2, -0.15) is 0 Å². The van der Waals surface area contributed by atoms with E-state index in [1.807, 2.05) is 62.1 Å². The Kier molecular flexibility index (Phi) is 5.94. The number of carbonyl (C=O) groups is 2. The Labute approximate surface area is 161 Å². The molecule has 0 saturated carbocycles.